The normalized spacial score (nSPS) is 13.0. The van der Waals surface area contributed by atoms with E-state index < -0.39 is 53.4 Å². The maximum Gasteiger partial charge on any atom is 0.573 e. The van der Waals surface area contributed by atoms with Crippen molar-refractivity contribution in [2.75, 3.05) is 6.54 Å². The summed E-state index contributed by atoms with van der Waals surface area (Å²) >= 11 is 0. The van der Waals surface area contributed by atoms with Crippen molar-refractivity contribution in [1.29, 1.82) is 0 Å². The highest BCUT2D eigenvalue weighted by atomic mass is 19.4. The molecule has 198 valence electrons. The van der Waals surface area contributed by atoms with E-state index in [0.717, 1.165) is 47.9 Å². The van der Waals surface area contributed by atoms with Gasteiger partial charge in [0.05, 0.1) is 12.1 Å². The molecule has 3 rings (SSSR count). The van der Waals surface area contributed by atoms with Gasteiger partial charge in [-0.25, -0.2) is 14.6 Å². The monoisotopic (exact) mass is 531 g/mol. The first kappa shape index (κ1) is 27.5. The van der Waals surface area contributed by atoms with Crippen LogP contribution in [0.5, 0.6) is 11.5 Å². The van der Waals surface area contributed by atoms with Crippen LogP contribution < -0.4 is 21.2 Å². The molecular weight excluding hydrogens is 511 g/mol. The van der Waals surface area contributed by atoms with Gasteiger partial charge in [-0.1, -0.05) is 18.2 Å². The number of hydrazone groups is 1. The van der Waals surface area contributed by atoms with E-state index in [1.54, 1.807) is 0 Å². The van der Waals surface area contributed by atoms with Crippen molar-refractivity contribution in [3.63, 3.8) is 0 Å². The Hall–Kier alpha value is -4.07. The van der Waals surface area contributed by atoms with E-state index in [1.165, 1.54) is 18.2 Å². The predicted molar refractivity (Wildman–Crippen MR) is 118 cm³/mol. The van der Waals surface area contributed by atoms with Crippen molar-refractivity contribution < 1.29 is 40.2 Å². The Kier molecular flexibility index (Phi) is 8.42. The first-order valence-corrected chi connectivity index (χ1v) is 10.4. The van der Waals surface area contributed by atoms with Crippen LogP contribution in [0.1, 0.15) is 22.7 Å². The van der Waals surface area contributed by atoms with Gasteiger partial charge < -0.3 is 15.3 Å². The zero-order valence-electron chi connectivity index (χ0n) is 18.8. The second kappa shape index (κ2) is 11.3. The van der Waals surface area contributed by atoms with Gasteiger partial charge in [0.25, 0.3) is 5.92 Å². The van der Waals surface area contributed by atoms with E-state index in [0.29, 0.717) is 11.6 Å². The summed E-state index contributed by atoms with van der Waals surface area (Å²) in [5.74, 6) is 2.42. The lowest BCUT2D eigenvalue weighted by molar-refractivity contribution is -0.274. The van der Waals surface area contributed by atoms with Crippen LogP contribution >= 0.6 is 0 Å². The number of pyridine rings is 1. The van der Waals surface area contributed by atoms with Gasteiger partial charge in [-0.3, -0.25) is 9.99 Å². The first-order valence-electron chi connectivity index (χ1n) is 10.4. The fraction of sp³-hybridized carbons (Fsp3) is 0.217. The van der Waals surface area contributed by atoms with Gasteiger partial charge in [0, 0.05) is 12.6 Å². The Morgan fingerprint density at radius 2 is 1.65 bits per heavy atom. The second-order valence-corrected chi connectivity index (χ2v) is 7.66. The van der Waals surface area contributed by atoms with Crippen LogP contribution in [0.15, 0.2) is 65.9 Å². The third kappa shape index (κ3) is 7.46. The van der Waals surface area contributed by atoms with Crippen molar-refractivity contribution >= 4 is 6.34 Å². The lowest BCUT2D eigenvalue weighted by atomic mass is 9.89. The summed E-state index contributed by atoms with van der Waals surface area (Å²) in [6.45, 7) is -0.752. The van der Waals surface area contributed by atoms with E-state index in [-0.39, 0.29) is 12.4 Å². The number of nitrogens with zero attached hydrogens (tertiary/aromatic N) is 3. The highest BCUT2D eigenvalue weighted by Gasteiger charge is 2.45. The zero-order chi connectivity index (χ0) is 27.2. The number of hydrogen-bond acceptors (Lipinski definition) is 6. The minimum Gasteiger partial charge on any atom is -0.487 e. The largest absolute Gasteiger partial charge is 0.573 e. The average Bonchev–Trinajstić information content (AvgIpc) is 2.82. The van der Waals surface area contributed by atoms with Crippen molar-refractivity contribution in [3.05, 3.63) is 89.2 Å². The Balaban J connectivity index is 1.76. The van der Waals surface area contributed by atoms with Crippen molar-refractivity contribution in [1.82, 2.24) is 9.99 Å². The average molecular weight is 531 g/mol. The number of nitrogens with two attached hydrogens (primary N) is 2. The topological polar surface area (TPSA) is 99.0 Å². The minimum absolute atomic E-state index is 0.0791. The van der Waals surface area contributed by atoms with Crippen molar-refractivity contribution in [2.45, 2.75) is 24.8 Å². The van der Waals surface area contributed by atoms with Crippen molar-refractivity contribution in [2.24, 2.45) is 16.8 Å². The maximum absolute atomic E-state index is 15.5. The minimum atomic E-state index is -4.82. The van der Waals surface area contributed by atoms with Gasteiger partial charge in [0.1, 0.15) is 41.8 Å². The molecule has 0 amide bonds. The molecule has 0 spiro atoms. The van der Waals surface area contributed by atoms with Gasteiger partial charge >= 0.3 is 6.36 Å². The molecule has 37 heavy (non-hydrogen) atoms. The van der Waals surface area contributed by atoms with Crippen LogP contribution in [-0.4, -0.2) is 29.2 Å². The van der Waals surface area contributed by atoms with Crippen LogP contribution in [0.3, 0.4) is 0 Å². The number of aromatic nitrogens is 1. The molecule has 0 saturated carbocycles. The third-order valence-corrected chi connectivity index (χ3v) is 5.02. The lowest BCUT2D eigenvalue weighted by Gasteiger charge is -2.29. The second-order valence-electron chi connectivity index (χ2n) is 7.66. The SMILES string of the molecule is N/N=C\N(N)CC(c1ccc(F)cc1F)C(F)(F)c1ccc(OCc2ccc(OC(F)(F)F)cc2)cn1. The summed E-state index contributed by atoms with van der Waals surface area (Å²) in [4.78, 5) is 3.73. The number of benzene rings is 2. The Morgan fingerprint density at radius 1 is 0.973 bits per heavy atom. The molecule has 1 unspecified atom stereocenters. The Morgan fingerprint density at radius 3 is 2.22 bits per heavy atom. The Labute approximate surface area is 206 Å². The Bertz CT molecular complexity index is 1210. The fourth-order valence-electron chi connectivity index (χ4n) is 3.33. The van der Waals surface area contributed by atoms with Crippen LogP contribution in [0, 0.1) is 11.6 Å². The molecule has 1 aromatic heterocycles. The molecule has 0 bridgehead atoms. The number of hydrazine groups is 1. The van der Waals surface area contributed by atoms with E-state index in [1.807, 2.05) is 0 Å². The van der Waals surface area contributed by atoms with Gasteiger partial charge in [-0.05, 0) is 41.5 Å². The van der Waals surface area contributed by atoms with E-state index in [2.05, 4.69) is 14.8 Å². The molecular formula is C23H20F7N5O2. The molecule has 0 aliphatic carbocycles. The smallest absolute Gasteiger partial charge is 0.487 e. The number of ether oxygens (including phenoxy) is 2. The molecule has 0 fully saturated rings. The summed E-state index contributed by atoms with van der Waals surface area (Å²) in [6.07, 6.45) is -2.96. The fourth-order valence-corrected chi connectivity index (χ4v) is 3.33. The molecule has 0 radical (unpaired) electrons. The predicted octanol–water partition coefficient (Wildman–Crippen LogP) is 4.79. The molecule has 7 nitrogen and oxygen atoms in total. The number of halogens is 7. The molecule has 4 N–H and O–H groups in total. The van der Waals surface area contributed by atoms with Gasteiger partial charge in [0.15, 0.2) is 0 Å². The maximum atomic E-state index is 15.5. The van der Waals surface area contributed by atoms with Crippen LogP contribution in [0.2, 0.25) is 0 Å². The van der Waals surface area contributed by atoms with Gasteiger partial charge in [-0.2, -0.15) is 13.9 Å². The van der Waals surface area contributed by atoms with E-state index in [9.17, 15) is 22.0 Å². The van der Waals surface area contributed by atoms with Crippen LogP contribution in [0.25, 0.3) is 0 Å². The standard InChI is InChI=1S/C23H20F7N5O2/c24-15-3-7-18(20(25)9-15)19(11-35(32)13-34-31)22(26,27)21-8-6-17(10-33-21)36-12-14-1-4-16(5-2-14)37-23(28,29)30/h1-10,13,19H,11-12,31-32H2/b34-13-. The molecule has 1 heterocycles. The lowest BCUT2D eigenvalue weighted by Crippen LogP contribution is -2.40. The summed E-state index contributed by atoms with van der Waals surface area (Å²) < 4.78 is 105. The first-order chi connectivity index (χ1) is 17.4. The summed E-state index contributed by atoms with van der Waals surface area (Å²) in [5, 5.41) is 3.87. The number of rotatable bonds is 10. The number of alkyl halides is 5. The molecule has 1 atom stereocenters. The molecule has 2 aromatic carbocycles. The quantitative estimate of drug-likeness (QED) is 0.128. The van der Waals surface area contributed by atoms with Crippen LogP contribution in [-0.2, 0) is 12.5 Å². The summed E-state index contributed by atoms with van der Waals surface area (Å²) in [6, 6.07) is 9.22. The van der Waals surface area contributed by atoms with E-state index in [4.69, 9.17) is 16.4 Å². The molecule has 0 saturated heterocycles. The molecule has 14 heteroatoms. The van der Waals surface area contributed by atoms with Gasteiger partial charge in [-0.15, -0.1) is 13.2 Å². The van der Waals surface area contributed by atoms with Crippen molar-refractivity contribution in [3.8, 4) is 11.5 Å². The number of hydrogen-bond donors (Lipinski definition) is 2. The highest BCUT2D eigenvalue weighted by Crippen LogP contribution is 2.42. The summed E-state index contributed by atoms with van der Waals surface area (Å²) in [7, 11) is 0. The molecule has 3 aromatic rings. The summed E-state index contributed by atoms with van der Waals surface area (Å²) in [5.41, 5.74) is -0.784. The highest BCUT2D eigenvalue weighted by molar-refractivity contribution is 5.53. The van der Waals surface area contributed by atoms with Crippen LogP contribution in [0.4, 0.5) is 30.7 Å². The molecule has 0 aliphatic heterocycles. The van der Waals surface area contributed by atoms with Gasteiger partial charge in [0.2, 0.25) is 0 Å². The molecule has 0 aliphatic rings. The zero-order valence-corrected chi connectivity index (χ0v) is 18.8. The third-order valence-electron chi connectivity index (χ3n) is 5.02. The van der Waals surface area contributed by atoms with E-state index >= 15 is 8.78 Å².